The molecule has 0 fully saturated rings. The van der Waals surface area contributed by atoms with Crippen molar-refractivity contribution in [3.8, 4) is 0 Å². The van der Waals surface area contributed by atoms with Gasteiger partial charge in [0.25, 0.3) is 0 Å². The van der Waals surface area contributed by atoms with E-state index in [0.717, 1.165) is 16.5 Å². The van der Waals surface area contributed by atoms with E-state index in [1.807, 2.05) is 13.0 Å². The van der Waals surface area contributed by atoms with Crippen LogP contribution < -0.4 is 11.3 Å². The molecule has 0 saturated heterocycles. The first-order valence-corrected chi connectivity index (χ1v) is 4.02. The normalized spacial score (nSPS) is 10.5. The Balaban J connectivity index is 2.94. The van der Waals surface area contributed by atoms with Crippen molar-refractivity contribution >= 4 is 16.6 Å². The Morgan fingerprint density at radius 3 is 2.85 bits per heavy atom. The van der Waals surface area contributed by atoms with E-state index in [1.54, 1.807) is 18.2 Å². The van der Waals surface area contributed by atoms with Crippen molar-refractivity contribution in [2.45, 2.75) is 6.92 Å². The molecule has 65 valence electrons. The lowest BCUT2D eigenvalue weighted by Gasteiger charge is -2.01. The molecule has 3 nitrogen and oxygen atoms in total. The Morgan fingerprint density at radius 2 is 2.08 bits per heavy atom. The predicted molar refractivity (Wildman–Crippen MR) is 52.1 cm³/mol. The van der Waals surface area contributed by atoms with Gasteiger partial charge >= 0.3 is 0 Å². The first kappa shape index (κ1) is 7.86. The van der Waals surface area contributed by atoms with Crippen LogP contribution in [0.4, 0.5) is 5.69 Å². The highest BCUT2D eigenvalue weighted by atomic mass is 16.1. The van der Waals surface area contributed by atoms with E-state index in [9.17, 15) is 4.79 Å². The summed E-state index contributed by atoms with van der Waals surface area (Å²) in [6.45, 7) is 1.89. The Labute approximate surface area is 75.2 Å². The first-order chi connectivity index (χ1) is 6.16. The van der Waals surface area contributed by atoms with Gasteiger partial charge in [-0.05, 0) is 24.6 Å². The summed E-state index contributed by atoms with van der Waals surface area (Å²) in [5.74, 6) is 0. The van der Waals surface area contributed by atoms with Gasteiger partial charge in [0.05, 0.1) is 11.2 Å². The van der Waals surface area contributed by atoms with Crippen LogP contribution in [0.1, 0.15) is 5.56 Å². The lowest BCUT2D eigenvalue weighted by Crippen LogP contribution is -2.04. The van der Waals surface area contributed by atoms with Gasteiger partial charge in [0.1, 0.15) is 0 Å². The molecule has 0 bridgehead atoms. The second-order valence-corrected chi connectivity index (χ2v) is 3.08. The van der Waals surface area contributed by atoms with Crippen LogP contribution in [-0.4, -0.2) is 4.98 Å². The topological polar surface area (TPSA) is 56.7 Å². The molecule has 2 rings (SSSR count). The molecule has 0 aliphatic rings. The fraction of sp³-hybridized carbons (Fsp3) is 0.100. The molecule has 0 atom stereocenters. The van der Waals surface area contributed by atoms with E-state index in [4.69, 9.17) is 5.73 Å². The zero-order chi connectivity index (χ0) is 9.42. The van der Waals surface area contributed by atoms with Crippen molar-refractivity contribution < 1.29 is 0 Å². The fourth-order valence-electron chi connectivity index (χ4n) is 1.43. The van der Waals surface area contributed by atoms with Crippen LogP contribution in [-0.2, 0) is 0 Å². The van der Waals surface area contributed by atoms with Gasteiger partial charge in [-0.1, -0.05) is 6.07 Å². The third-order valence-electron chi connectivity index (χ3n) is 2.05. The van der Waals surface area contributed by atoms with Crippen LogP contribution in [0.5, 0.6) is 0 Å². The summed E-state index contributed by atoms with van der Waals surface area (Å²) in [4.78, 5) is 13.8. The molecule has 13 heavy (non-hydrogen) atoms. The van der Waals surface area contributed by atoms with Crippen molar-refractivity contribution in [1.82, 2.24) is 10.7 Å². The van der Waals surface area contributed by atoms with E-state index in [-0.39, 0.29) is 5.56 Å². The monoisotopic (exact) mass is 173 g/mol. The smallest absolute Gasteiger partial charge is 0.248 e. The van der Waals surface area contributed by atoms with Crippen LogP contribution >= 0.6 is 0 Å². The summed E-state index contributed by atoms with van der Waals surface area (Å²) in [5.41, 5.74) is 9.37. The molecule has 1 heterocycles. The summed E-state index contributed by atoms with van der Waals surface area (Å²) in [6.07, 6.45) is 0. The maximum atomic E-state index is 11.1. The van der Waals surface area contributed by atoms with Crippen LogP contribution in [0.15, 0.2) is 29.1 Å². The largest absolute Gasteiger partial charge is 0.322 e. The molecule has 3 heteroatoms. The van der Waals surface area contributed by atoms with Gasteiger partial charge in [-0.3, -0.25) is 4.79 Å². The molecule has 0 amide bonds. The quantitative estimate of drug-likeness (QED) is 0.648. The number of aryl methyl sites for hydroxylation is 1. The molecule has 2 aromatic rings. The lowest BCUT2D eigenvalue weighted by atomic mass is 10.1. The van der Waals surface area contributed by atoms with Crippen LogP contribution in [0, 0.1) is 6.92 Å². The highest BCUT2D eigenvalue weighted by Gasteiger charge is 1.98. The van der Waals surface area contributed by atoms with Crippen molar-refractivity contribution in [2.75, 3.05) is 0 Å². The number of hydrogen-bond donors (Lipinski definition) is 1. The number of pyridine rings is 1. The third-order valence-corrected chi connectivity index (χ3v) is 2.05. The second-order valence-electron chi connectivity index (χ2n) is 3.08. The molecule has 1 radical (unpaired) electrons. The third kappa shape index (κ3) is 1.28. The molecule has 1 aromatic heterocycles. The molecule has 0 aliphatic heterocycles. The number of fused-ring (bicyclic) bond motifs is 1. The zero-order valence-corrected chi connectivity index (χ0v) is 7.22. The van der Waals surface area contributed by atoms with Crippen LogP contribution in [0.2, 0.25) is 0 Å². The van der Waals surface area contributed by atoms with Gasteiger partial charge in [0, 0.05) is 11.5 Å². The molecule has 0 unspecified atom stereocenters. The SMILES string of the molecule is Cc1cc(=O)[nH]c2cc([NH])ccc12. The van der Waals surface area contributed by atoms with Crippen molar-refractivity contribution in [3.05, 3.63) is 40.2 Å². The van der Waals surface area contributed by atoms with Gasteiger partial charge in [-0.25, -0.2) is 0 Å². The summed E-state index contributed by atoms with van der Waals surface area (Å²) < 4.78 is 0. The van der Waals surface area contributed by atoms with E-state index in [2.05, 4.69) is 4.98 Å². The number of H-pyrrole nitrogens is 1. The summed E-state index contributed by atoms with van der Waals surface area (Å²) in [7, 11) is 0. The lowest BCUT2D eigenvalue weighted by molar-refractivity contribution is 1.27. The number of benzene rings is 1. The first-order valence-electron chi connectivity index (χ1n) is 4.02. The molecular weight excluding hydrogens is 164 g/mol. The van der Waals surface area contributed by atoms with E-state index >= 15 is 0 Å². The van der Waals surface area contributed by atoms with Gasteiger partial charge in [0.15, 0.2) is 0 Å². The molecule has 1 aromatic carbocycles. The number of nitrogens with one attached hydrogen (secondary N) is 2. The Morgan fingerprint density at radius 1 is 1.31 bits per heavy atom. The van der Waals surface area contributed by atoms with Crippen LogP contribution in [0.3, 0.4) is 0 Å². The van der Waals surface area contributed by atoms with Crippen molar-refractivity contribution in [1.29, 1.82) is 0 Å². The summed E-state index contributed by atoms with van der Waals surface area (Å²) >= 11 is 0. The number of hydrogen-bond acceptors (Lipinski definition) is 1. The Kier molecular flexibility index (Phi) is 1.59. The van der Waals surface area contributed by atoms with Crippen molar-refractivity contribution in [3.63, 3.8) is 0 Å². The minimum atomic E-state index is -0.115. The number of aromatic amines is 1. The van der Waals surface area contributed by atoms with Crippen LogP contribution in [0.25, 0.3) is 10.9 Å². The Bertz CT molecular complexity index is 514. The van der Waals surface area contributed by atoms with Gasteiger partial charge in [0.2, 0.25) is 5.56 Å². The minimum Gasteiger partial charge on any atom is -0.322 e. The standard InChI is InChI=1S/C10H9N2O/c1-6-4-10(13)12-9-5-7(11)2-3-8(6)9/h2-5,11H,1H3,(H,12,13). The molecule has 2 N–H and O–H groups in total. The maximum absolute atomic E-state index is 11.1. The number of rotatable bonds is 0. The average Bonchev–Trinajstić information content (AvgIpc) is 2.02. The van der Waals surface area contributed by atoms with Crippen molar-refractivity contribution in [2.24, 2.45) is 0 Å². The molecule has 0 spiro atoms. The van der Waals surface area contributed by atoms with Gasteiger partial charge in [-0.15, -0.1) is 0 Å². The predicted octanol–water partition coefficient (Wildman–Crippen LogP) is 1.75. The summed E-state index contributed by atoms with van der Waals surface area (Å²) in [6, 6.07) is 6.78. The van der Waals surface area contributed by atoms with Gasteiger partial charge < -0.3 is 10.7 Å². The summed E-state index contributed by atoms with van der Waals surface area (Å²) in [5, 5.41) is 0.996. The molecule has 0 saturated carbocycles. The minimum absolute atomic E-state index is 0.115. The highest BCUT2D eigenvalue weighted by molar-refractivity contribution is 5.83. The molecule has 0 aliphatic carbocycles. The maximum Gasteiger partial charge on any atom is 0.248 e. The second kappa shape index (κ2) is 2.62. The molecular formula is C10H9N2O. The zero-order valence-electron chi connectivity index (χ0n) is 7.22. The Hall–Kier alpha value is -1.77. The fourth-order valence-corrected chi connectivity index (χ4v) is 1.43. The average molecular weight is 173 g/mol. The van der Waals surface area contributed by atoms with E-state index in [0.29, 0.717) is 5.69 Å². The highest BCUT2D eigenvalue weighted by Crippen LogP contribution is 2.17. The van der Waals surface area contributed by atoms with E-state index in [1.165, 1.54) is 0 Å². The number of aromatic nitrogens is 1. The van der Waals surface area contributed by atoms with Gasteiger partial charge in [-0.2, -0.15) is 0 Å². The van der Waals surface area contributed by atoms with E-state index < -0.39 is 0 Å².